The first-order chi connectivity index (χ1) is 29.6. The van der Waals surface area contributed by atoms with Crippen LogP contribution in [0, 0.1) is 13.8 Å². The third-order valence-electron chi connectivity index (χ3n) is 12.6. The van der Waals surface area contributed by atoms with Gasteiger partial charge >= 0.3 is 6.43 Å². The fourth-order valence-corrected chi connectivity index (χ4v) is 9.47. The molecule has 0 unspecified atom stereocenters. The standard InChI is InChI=1S/C25H35F2N3O4.C23H35N3O3/c1-15(2)30(17-9-7-6-8-10-17)23(32)18-14-19-20(13-16(18)3)34-25(4,5)24(33)29(19)12-11-28-22(31)21(26)27;1-15(2)26(17-9-7-6-8-10-17)21(27)18-14-19-20(13-16(18)3)29-23(4,5)22(28)25(19)12-11-24/h13-15,17,21H,6-12H2,1-5H3,(H,28,31);13-15,17H,6-12,24H2,1-5H3. The van der Waals surface area contributed by atoms with Crippen LogP contribution in [0.4, 0.5) is 20.2 Å². The molecule has 6 rings (SSSR count). The number of carbonyl (C=O) groups excluding carboxylic acids is 5. The van der Waals surface area contributed by atoms with Crippen LogP contribution in [-0.2, 0) is 14.4 Å². The Hall–Kier alpha value is -4.79. The lowest BCUT2D eigenvalue weighted by atomic mass is 9.92. The van der Waals surface area contributed by atoms with Crippen LogP contribution in [0.5, 0.6) is 11.5 Å². The second-order valence-corrected chi connectivity index (χ2v) is 19.0. The number of alkyl halides is 2. The van der Waals surface area contributed by atoms with Crippen molar-refractivity contribution in [2.75, 3.05) is 36.0 Å². The summed E-state index contributed by atoms with van der Waals surface area (Å²) in [7, 11) is 0. The first-order valence-electron chi connectivity index (χ1n) is 22.8. The highest BCUT2D eigenvalue weighted by atomic mass is 19.3. The maximum atomic E-state index is 13.7. The zero-order valence-electron chi connectivity index (χ0n) is 39.1. The Morgan fingerprint density at radius 3 is 1.43 bits per heavy atom. The van der Waals surface area contributed by atoms with Crippen molar-refractivity contribution in [3.8, 4) is 11.5 Å². The highest BCUT2D eigenvalue weighted by Gasteiger charge is 2.43. The van der Waals surface area contributed by atoms with Gasteiger partial charge in [-0.3, -0.25) is 24.0 Å². The quantitative estimate of drug-likeness (QED) is 0.220. The van der Waals surface area contributed by atoms with E-state index in [9.17, 15) is 32.8 Å². The van der Waals surface area contributed by atoms with Crippen molar-refractivity contribution in [2.24, 2.45) is 5.73 Å². The fraction of sp³-hybridized carbons (Fsp3) is 0.646. The first-order valence-corrected chi connectivity index (χ1v) is 22.8. The van der Waals surface area contributed by atoms with Gasteiger partial charge in [0.2, 0.25) is 0 Å². The maximum absolute atomic E-state index is 13.7. The largest absolute Gasteiger partial charge is 0.476 e. The van der Waals surface area contributed by atoms with Crippen LogP contribution in [0.15, 0.2) is 24.3 Å². The summed E-state index contributed by atoms with van der Waals surface area (Å²) in [6, 6.07) is 7.72. The molecule has 0 radical (unpaired) electrons. The summed E-state index contributed by atoms with van der Waals surface area (Å²) < 4.78 is 37.1. The van der Waals surface area contributed by atoms with Crippen LogP contribution < -0.4 is 30.3 Å². The predicted octanol–water partition coefficient (Wildman–Crippen LogP) is 7.70. The van der Waals surface area contributed by atoms with Gasteiger partial charge in [-0.25, -0.2) is 0 Å². The number of nitrogens with zero attached hydrogens (tertiary/aromatic N) is 4. The second kappa shape index (κ2) is 20.4. The number of aryl methyl sites for hydroxylation is 2. The lowest BCUT2D eigenvalue weighted by Crippen LogP contribution is -2.54. The topological polar surface area (TPSA) is 155 Å². The van der Waals surface area contributed by atoms with Crippen LogP contribution >= 0.6 is 0 Å². The normalized spacial score (nSPS) is 18.5. The van der Waals surface area contributed by atoms with E-state index in [1.165, 1.54) is 30.6 Å². The maximum Gasteiger partial charge on any atom is 0.315 e. The Kier molecular flexibility index (Phi) is 15.9. The minimum atomic E-state index is -3.13. The van der Waals surface area contributed by atoms with Crippen molar-refractivity contribution in [1.82, 2.24) is 15.1 Å². The monoisotopic (exact) mass is 881 g/mol. The number of rotatable bonds is 12. The van der Waals surface area contributed by atoms with Gasteiger partial charge in [0.15, 0.2) is 11.2 Å². The van der Waals surface area contributed by atoms with Gasteiger partial charge in [-0.2, -0.15) is 8.78 Å². The number of fused-ring (bicyclic) bond motifs is 2. The Labute approximate surface area is 372 Å². The third kappa shape index (κ3) is 10.9. The number of halogens is 2. The van der Waals surface area contributed by atoms with Gasteiger partial charge in [-0.15, -0.1) is 0 Å². The van der Waals surface area contributed by atoms with Crippen molar-refractivity contribution in [3.63, 3.8) is 0 Å². The molecule has 63 heavy (non-hydrogen) atoms. The van der Waals surface area contributed by atoms with Crippen LogP contribution in [0.25, 0.3) is 0 Å². The molecule has 2 saturated carbocycles. The fourth-order valence-electron chi connectivity index (χ4n) is 9.47. The van der Waals surface area contributed by atoms with Gasteiger partial charge in [0.25, 0.3) is 29.5 Å². The minimum absolute atomic E-state index is 0.0171. The number of ether oxygens (including phenoxy) is 2. The molecule has 5 amide bonds. The Balaban J connectivity index is 0.000000240. The molecule has 0 spiro atoms. The highest BCUT2D eigenvalue weighted by molar-refractivity contribution is 6.06. The highest BCUT2D eigenvalue weighted by Crippen LogP contribution is 2.42. The molecule has 0 saturated heterocycles. The molecule has 2 aliphatic heterocycles. The molecule has 348 valence electrons. The van der Waals surface area contributed by atoms with E-state index in [1.807, 2.05) is 49.6 Å². The molecule has 2 aliphatic carbocycles. The number of nitrogens with one attached hydrogen (secondary N) is 1. The SMILES string of the molecule is Cc1cc2c(cc1C(=O)N(C(C)C)C1CCCCC1)N(CCN)C(=O)C(C)(C)O2.Cc1cc2c(cc1C(=O)N(C(C)C)C1CCCCC1)N(CCNC(=O)C(F)F)C(=O)C(C)(C)O2. The van der Waals surface area contributed by atoms with Gasteiger partial charge in [-0.1, -0.05) is 38.5 Å². The molecule has 2 fully saturated rings. The van der Waals surface area contributed by atoms with E-state index in [4.69, 9.17) is 15.2 Å². The Bertz CT molecular complexity index is 2010. The number of hydrogen-bond acceptors (Lipinski definition) is 8. The second-order valence-electron chi connectivity index (χ2n) is 19.0. The Morgan fingerprint density at radius 2 is 1.08 bits per heavy atom. The molecular formula is C48H70F2N6O7. The van der Waals surface area contributed by atoms with Crippen molar-refractivity contribution in [2.45, 2.75) is 175 Å². The predicted molar refractivity (Wildman–Crippen MR) is 241 cm³/mol. The molecule has 3 N–H and O–H groups in total. The molecular weight excluding hydrogens is 811 g/mol. The van der Waals surface area contributed by atoms with Crippen LogP contribution in [0.3, 0.4) is 0 Å². The molecule has 15 heteroatoms. The van der Waals surface area contributed by atoms with Crippen molar-refractivity contribution >= 4 is 40.9 Å². The van der Waals surface area contributed by atoms with E-state index in [2.05, 4.69) is 19.2 Å². The van der Waals surface area contributed by atoms with Crippen LogP contribution in [-0.4, -0.2) is 107 Å². The third-order valence-corrected chi connectivity index (χ3v) is 12.6. The number of nitrogens with two attached hydrogens (primary N) is 1. The molecule has 0 bridgehead atoms. The van der Waals surface area contributed by atoms with Crippen molar-refractivity contribution in [1.29, 1.82) is 0 Å². The zero-order valence-corrected chi connectivity index (χ0v) is 39.1. The van der Waals surface area contributed by atoms with Crippen LogP contribution in [0.2, 0.25) is 0 Å². The average molecular weight is 881 g/mol. The summed E-state index contributed by atoms with van der Waals surface area (Å²) in [5, 5.41) is 2.13. The number of benzene rings is 2. The first kappa shape index (κ1) is 49.2. The summed E-state index contributed by atoms with van der Waals surface area (Å²) >= 11 is 0. The summed E-state index contributed by atoms with van der Waals surface area (Å²) in [5.74, 6) is -0.881. The lowest BCUT2D eigenvalue weighted by Gasteiger charge is -2.40. The summed E-state index contributed by atoms with van der Waals surface area (Å²) in [4.78, 5) is 71.7. The average Bonchev–Trinajstić information content (AvgIpc) is 3.21. The van der Waals surface area contributed by atoms with E-state index in [-0.39, 0.29) is 60.9 Å². The molecule has 2 aromatic rings. The van der Waals surface area contributed by atoms with Gasteiger partial charge in [-0.05, 0) is 130 Å². The van der Waals surface area contributed by atoms with E-state index in [0.717, 1.165) is 49.7 Å². The molecule has 2 heterocycles. The Morgan fingerprint density at radius 1 is 0.698 bits per heavy atom. The van der Waals surface area contributed by atoms with Gasteiger partial charge < -0.3 is 40.1 Å². The number of carbonyl (C=O) groups is 5. The molecule has 0 aromatic heterocycles. The van der Waals surface area contributed by atoms with E-state index >= 15 is 0 Å². The molecule has 13 nitrogen and oxygen atoms in total. The molecule has 0 atom stereocenters. The van der Waals surface area contributed by atoms with Gasteiger partial charge in [0, 0.05) is 61.5 Å². The summed E-state index contributed by atoms with van der Waals surface area (Å²) in [6.07, 6.45) is 7.90. The van der Waals surface area contributed by atoms with E-state index in [1.54, 1.807) is 44.7 Å². The zero-order chi connectivity index (χ0) is 46.6. The number of hydrogen-bond donors (Lipinski definition) is 2. The lowest BCUT2D eigenvalue weighted by molar-refractivity contribution is -0.133. The number of amides is 5. The smallest absolute Gasteiger partial charge is 0.315 e. The van der Waals surface area contributed by atoms with E-state index in [0.29, 0.717) is 47.1 Å². The van der Waals surface area contributed by atoms with Crippen molar-refractivity contribution in [3.05, 3.63) is 46.5 Å². The summed E-state index contributed by atoms with van der Waals surface area (Å²) in [6.45, 7) is 19.3. The van der Waals surface area contributed by atoms with Crippen molar-refractivity contribution < 1.29 is 42.2 Å². The minimum Gasteiger partial charge on any atom is -0.476 e. The van der Waals surface area contributed by atoms with Gasteiger partial charge in [0.1, 0.15) is 11.5 Å². The van der Waals surface area contributed by atoms with E-state index < -0.39 is 23.5 Å². The van der Waals surface area contributed by atoms with Gasteiger partial charge in [0.05, 0.1) is 11.4 Å². The molecule has 4 aliphatic rings. The summed E-state index contributed by atoms with van der Waals surface area (Å²) in [5.41, 5.74) is 7.41. The molecule has 2 aromatic carbocycles. The number of anilines is 2. The van der Waals surface area contributed by atoms with Crippen LogP contribution in [0.1, 0.15) is 151 Å².